The van der Waals surface area contributed by atoms with Crippen molar-refractivity contribution in [3.05, 3.63) is 29.8 Å². The lowest BCUT2D eigenvalue weighted by molar-refractivity contribution is 0.0930. The molecule has 0 radical (unpaired) electrons. The van der Waals surface area contributed by atoms with Gasteiger partial charge >= 0.3 is 0 Å². The molecule has 0 unspecified atom stereocenters. The lowest BCUT2D eigenvalue weighted by atomic mass is 10.1. The maximum Gasteiger partial charge on any atom is 0.251 e. The van der Waals surface area contributed by atoms with Gasteiger partial charge in [0.15, 0.2) is 0 Å². The van der Waals surface area contributed by atoms with E-state index < -0.39 is 10.0 Å². The van der Waals surface area contributed by atoms with Crippen molar-refractivity contribution in [2.24, 2.45) is 5.92 Å². The number of amides is 1. The molecule has 6 heteroatoms. The number of hydrogen-bond donors (Lipinski definition) is 1. The summed E-state index contributed by atoms with van der Waals surface area (Å²) in [5.41, 5.74) is 0.919. The Hall–Kier alpha value is -1.56. The van der Waals surface area contributed by atoms with Gasteiger partial charge in [-0.1, -0.05) is 19.9 Å². The second-order valence-electron chi connectivity index (χ2n) is 5.29. The summed E-state index contributed by atoms with van der Waals surface area (Å²) in [6, 6.07) is 6.62. The van der Waals surface area contributed by atoms with Gasteiger partial charge in [0.25, 0.3) is 5.91 Å². The fraction of sp³-hybridized carbons (Fsp3) is 0.500. The van der Waals surface area contributed by atoms with Crippen molar-refractivity contribution in [1.82, 2.24) is 5.32 Å². The fourth-order valence-corrected chi connectivity index (χ4v) is 1.99. The molecule has 0 saturated heterocycles. The van der Waals surface area contributed by atoms with Crippen molar-refractivity contribution in [2.45, 2.75) is 26.8 Å². The summed E-state index contributed by atoms with van der Waals surface area (Å²) >= 11 is 0. The van der Waals surface area contributed by atoms with Crippen LogP contribution in [-0.2, 0) is 10.0 Å². The van der Waals surface area contributed by atoms with Crippen LogP contribution in [0, 0.1) is 5.92 Å². The van der Waals surface area contributed by atoms with Crippen LogP contribution in [0.3, 0.4) is 0 Å². The summed E-state index contributed by atoms with van der Waals surface area (Å²) in [5, 5.41) is 2.89. The van der Waals surface area contributed by atoms with Gasteiger partial charge in [-0.2, -0.15) is 0 Å². The third-order valence-electron chi connectivity index (χ3n) is 3.33. The van der Waals surface area contributed by atoms with Crippen LogP contribution in [-0.4, -0.2) is 33.7 Å². The Bertz CT molecular complexity index is 582. The smallest absolute Gasteiger partial charge is 0.251 e. The third-order valence-corrected chi connectivity index (χ3v) is 4.53. The van der Waals surface area contributed by atoms with E-state index in [1.165, 1.54) is 7.05 Å². The highest BCUT2D eigenvalue weighted by Crippen LogP contribution is 2.17. The molecule has 0 heterocycles. The predicted octanol–water partition coefficient (Wildman–Crippen LogP) is 1.86. The third kappa shape index (κ3) is 4.23. The van der Waals surface area contributed by atoms with Crippen molar-refractivity contribution >= 4 is 21.6 Å². The number of nitrogens with one attached hydrogen (secondary N) is 1. The van der Waals surface area contributed by atoms with Crippen LogP contribution in [0.25, 0.3) is 0 Å². The molecule has 1 atom stereocenters. The fourth-order valence-electron chi connectivity index (χ4n) is 1.49. The Morgan fingerprint density at radius 1 is 1.25 bits per heavy atom. The standard InChI is InChI=1S/C14H22N2O3S/c1-10(2)11(3)15-14(17)12-7-6-8-13(9-12)16(4)20(5,18)19/h6-11H,1-5H3,(H,15,17)/t11-/m0/s1. The number of rotatable bonds is 5. The van der Waals surface area contributed by atoms with E-state index in [4.69, 9.17) is 0 Å². The molecule has 0 bridgehead atoms. The zero-order valence-electron chi connectivity index (χ0n) is 12.5. The Balaban J connectivity index is 2.96. The number of hydrogen-bond acceptors (Lipinski definition) is 3. The predicted molar refractivity (Wildman–Crippen MR) is 81.5 cm³/mol. The van der Waals surface area contributed by atoms with Crippen molar-refractivity contribution in [1.29, 1.82) is 0 Å². The molecule has 0 aliphatic carbocycles. The van der Waals surface area contributed by atoms with Crippen LogP contribution in [0.15, 0.2) is 24.3 Å². The molecule has 0 aromatic heterocycles. The highest BCUT2D eigenvalue weighted by atomic mass is 32.2. The van der Waals surface area contributed by atoms with Crippen molar-refractivity contribution < 1.29 is 13.2 Å². The van der Waals surface area contributed by atoms with Gasteiger partial charge in [-0.25, -0.2) is 8.42 Å². The molecule has 0 fully saturated rings. The summed E-state index contributed by atoms with van der Waals surface area (Å²) in [6.45, 7) is 5.99. The first-order valence-corrected chi connectivity index (χ1v) is 8.32. The number of benzene rings is 1. The van der Waals surface area contributed by atoms with Crippen LogP contribution in [0.1, 0.15) is 31.1 Å². The molecule has 20 heavy (non-hydrogen) atoms. The van der Waals surface area contributed by atoms with E-state index in [-0.39, 0.29) is 11.9 Å². The normalized spacial score (nSPS) is 13.1. The minimum Gasteiger partial charge on any atom is -0.349 e. The first-order chi connectivity index (χ1) is 9.12. The molecule has 1 rings (SSSR count). The first kappa shape index (κ1) is 16.5. The van der Waals surface area contributed by atoms with Crippen LogP contribution in [0.4, 0.5) is 5.69 Å². The maximum absolute atomic E-state index is 12.1. The van der Waals surface area contributed by atoms with E-state index in [1.54, 1.807) is 24.3 Å². The molecule has 0 aliphatic rings. The van der Waals surface area contributed by atoms with Gasteiger partial charge in [0, 0.05) is 18.7 Å². The highest BCUT2D eigenvalue weighted by Gasteiger charge is 2.16. The Morgan fingerprint density at radius 2 is 1.85 bits per heavy atom. The molecule has 0 spiro atoms. The number of sulfonamides is 1. The van der Waals surface area contributed by atoms with E-state index in [0.717, 1.165) is 10.6 Å². The summed E-state index contributed by atoms with van der Waals surface area (Å²) < 4.78 is 24.2. The number of nitrogens with zero attached hydrogens (tertiary/aromatic N) is 1. The lowest BCUT2D eigenvalue weighted by Crippen LogP contribution is -2.36. The maximum atomic E-state index is 12.1. The first-order valence-electron chi connectivity index (χ1n) is 6.47. The highest BCUT2D eigenvalue weighted by molar-refractivity contribution is 7.92. The molecular weight excluding hydrogens is 276 g/mol. The monoisotopic (exact) mass is 298 g/mol. The van der Waals surface area contributed by atoms with E-state index in [1.807, 2.05) is 20.8 Å². The van der Waals surface area contributed by atoms with E-state index in [0.29, 0.717) is 17.2 Å². The van der Waals surface area contributed by atoms with Gasteiger partial charge < -0.3 is 5.32 Å². The quantitative estimate of drug-likeness (QED) is 0.902. The second kappa shape index (κ2) is 6.26. The van der Waals surface area contributed by atoms with E-state index in [2.05, 4.69) is 5.32 Å². The minimum absolute atomic E-state index is 0.0544. The van der Waals surface area contributed by atoms with Crippen LogP contribution >= 0.6 is 0 Å². The van der Waals surface area contributed by atoms with Crippen LogP contribution < -0.4 is 9.62 Å². The topological polar surface area (TPSA) is 66.5 Å². The van der Waals surface area contributed by atoms with Crippen LogP contribution in [0.5, 0.6) is 0 Å². The lowest BCUT2D eigenvalue weighted by Gasteiger charge is -2.19. The van der Waals surface area contributed by atoms with Crippen LogP contribution in [0.2, 0.25) is 0 Å². The van der Waals surface area contributed by atoms with Crippen molar-refractivity contribution in [3.63, 3.8) is 0 Å². The molecule has 5 nitrogen and oxygen atoms in total. The molecule has 1 amide bonds. The Labute approximate surface area is 121 Å². The largest absolute Gasteiger partial charge is 0.349 e. The zero-order chi connectivity index (χ0) is 15.5. The molecule has 0 saturated carbocycles. The average Bonchev–Trinajstić information content (AvgIpc) is 2.36. The SMILES string of the molecule is CC(C)[C@H](C)NC(=O)c1cccc(N(C)S(C)(=O)=O)c1. The number of carbonyl (C=O) groups is 1. The Morgan fingerprint density at radius 3 is 2.35 bits per heavy atom. The summed E-state index contributed by atoms with van der Waals surface area (Å²) in [5.74, 6) is 0.135. The number of anilines is 1. The summed E-state index contributed by atoms with van der Waals surface area (Å²) in [6.07, 6.45) is 1.13. The second-order valence-corrected chi connectivity index (χ2v) is 7.30. The van der Waals surface area contributed by atoms with Gasteiger partial charge in [-0.3, -0.25) is 9.10 Å². The number of carbonyl (C=O) groups excluding carboxylic acids is 1. The molecule has 112 valence electrons. The Kier molecular flexibility index (Phi) is 5.16. The van der Waals surface area contributed by atoms with Crippen molar-refractivity contribution in [3.8, 4) is 0 Å². The van der Waals surface area contributed by atoms with Gasteiger partial charge in [0.05, 0.1) is 11.9 Å². The van der Waals surface area contributed by atoms with Gasteiger partial charge in [0.2, 0.25) is 10.0 Å². The molecule has 1 N–H and O–H groups in total. The average molecular weight is 298 g/mol. The van der Waals surface area contributed by atoms with E-state index in [9.17, 15) is 13.2 Å². The summed E-state index contributed by atoms with van der Waals surface area (Å²) in [7, 11) is -1.87. The molecule has 1 aromatic rings. The molecular formula is C14H22N2O3S. The van der Waals surface area contributed by atoms with E-state index >= 15 is 0 Å². The molecule has 0 aliphatic heterocycles. The summed E-state index contributed by atoms with van der Waals surface area (Å²) in [4.78, 5) is 12.1. The van der Waals surface area contributed by atoms with Gasteiger partial charge in [-0.15, -0.1) is 0 Å². The van der Waals surface area contributed by atoms with Gasteiger partial charge in [0.1, 0.15) is 0 Å². The molecule has 1 aromatic carbocycles. The van der Waals surface area contributed by atoms with Gasteiger partial charge in [-0.05, 0) is 31.0 Å². The minimum atomic E-state index is -3.33. The zero-order valence-corrected chi connectivity index (χ0v) is 13.4. The van der Waals surface area contributed by atoms with Crippen molar-refractivity contribution in [2.75, 3.05) is 17.6 Å².